The second-order valence-electron chi connectivity index (χ2n) is 3.20. The molecule has 82 valence electrons. The van der Waals surface area contributed by atoms with Gasteiger partial charge in [0.25, 0.3) is 5.56 Å². The minimum absolute atomic E-state index is 0.0995. The van der Waals surface area contributed by atoms with E-state index in [1.165, 1.54) is 12.1 Å². The monoisotopic (exact) mass is 220 g/mol. The Bertz CT molecular complexity index is 585. The van der Waals surface area contributed by atoms with E-state index in [-0.39, 0.29) is 16.9 Å². The van der Waals surface area contributed by atoms with Crippen LogP contribution >= 0.6 is 0 Å². The highest BCUT2D eigenvalue weighted by atomic mass is 19.1. The van der Waals surface area contributed by atoms with Crippen LogP contribution in [0.4, 0.5) is 15.8 Å². The van der Waals surface area contributed by atoms with Gasteiger partial charge >= 0.3 is 0 Å². The van der Waals surface area contributed by atoms with Crippen LogP contribution in [0.1, 0.15) is 5.69 Å². The number of nitrogens with zero attached hydrogens (tertiary/aromatic N) is 2. The fraction of sp³-hybridized carbons (Fsp3) is 0.100. The Morgan fingerprint density at radius 2 is 1.94 bits per heavy atom. The first-order valence-electron chi connectivity index (χ1n) is 4.62. The minimum atomic E-state index is -0.476. The van der Waals surface area contributed by atoms with Crippen molar-refractivity contribution in [3.63, 3.8) is 0 Å². The Kier molecular flexibility index (Phi) is 2.63. The molecule has 0 atom stereocenters. The summed E-state index contributed by atoms with van der Waals surface area (Å²) < 4.78 is 13.2. The number of halogens is 1. The first kappa shape index (κ1) is 10.3. The Morgan fingerprint density at radius 1 is 1.19 bits per heavy atom. The van der Waals surface area contributed by atoms with Gasteiger partial charge in [0.1, 0.15) is 5.69 Å². The van der Waals surface area contributed by atoms with Crippen LogP contribution in [-0.4, -0.2) is 10.2 Å². The highest BCUT2D eigenvalue weighted by Crippen LogP contribution is 2.19. The van der Waals surface area contributed by atoms with Gasteiger partial charge in [-0.15, -0.1) is 10.2 Å². The van der Waals surface area contributed by atoms with Crippen LogP contribution in [0.5, 0.6) is 0 Å². The van der Waals surface area contributed by atoms with Gasteiger partial charge in [-0.2, -0.15) is 0 Å². The number of nitrogens with one attached hydrogen (secondary N) is 2. The van der Waals surface area contributed by atoms with Gasteiger partial charge in [-0.05, 0) is 19.1 Å². The number of hydrogen-bond acceptors (Lipinski definition) is 3. The Labute approximate surface area is 90.0 Å². The molecule has 0 aliphatic rings. The zero-order valence-corrected chi connectivity index (χ0v) is 8.49. The van der Waals surface area contributed by atoms with Crippen molar-refractivity contribution < 1.29 is 4.39 Å². The van der Waals surface area contributed by atoms with Crippen LogP contribution in [0.3, 0.4) is 0 Å². The average molecular weight is 220 g/mol. The topological polar surface area (TPSA) is 73.4 Å². The van der Waals surface area contributed by atoms with Crippen molar-refractivity contribution in [3.8, 4) is 0 Å². The summed E-state index contributed by atoms with van der Waals surface area (Å²) in [6.45, 7) is 1.67. The van der Waals surface area contributed by atoms with E-state index in [1.54, 1.807) is 19.1 Å². The van der Waals surface area contributed by atoms with Crippen molar-refractivity contribution in [2.75, 3.05) is 0 Å². The molecule has 0 amide bonds. The summed E-state index contributed by atoms with van der Waals surface area (Å²) in [6.07, 6.45) is 0. The summed E-state index contributed by atoms with van der Waals surface area (Å²) in [5.41, 5.74) is 0.438. The van der Waals surface area contributed by atoms with E-state index in [0.29, 0.717) is 5.69 Å². The van der Waals surface area contributed by atoms with Gasteiger partial charge in [-0.3, -0.25) is 9.89 Å². The van der Waals surface area contributed by atoms with Crippen molar-refractivity contribution in [2.45, 2.75) is 6.92 Å². The highest BCUT2D eigenvalue weighted by Gasteiger charge is 2.04. The second kappa shape index (κ2) is 4.09. The molecular weight excluding hydrogens is 211 g/mol. The number of rotatable bonds is 2. The molecule has 0 fully saturated rings. The molecule has 0 aliphatic heterocycles. The first-order chi connectivity index (χ1) is 7.68. The van der Waals surface area contributed by atoms with Crippen LogP contribution < -0.4 is 5.56 Å². The molecule has 1 aromatic heterocycles. The maximum atomic E-state index is 13.2. The van der Waals surface area contributed by atoms with E-state index >= 15 is 0 Å². The molecule has 2 N–H and O–H groups in total. The number of hydrogen-bond donors (Lipinski definition) is 2. The molecule has 5 nitrogen and oxygen atoms in total. The highest BCUT2D eigenvalue weighted by molar-refractivity contribution is 5.41. The van der Waals surface area contributed by atoms with E-state index in [4.69, 9.17) is 0 Å². The van der Waals surface area contributed by atoms with Gasteiger partial charge in [-0.25, -0.2) is 4.39 Å². The molecular formula is C10H9FN4O. The molecule has 0 bridgehead atoms. The lowest BCUT2D eigenvalue weighted by atomic mass is 10.3. The molecule has 1 aromatic carbocycles. The second-order valence-corrected chi connectivity index (χ2v) is 3.20. The van der Waals surface area contributed by atoms with Crippen LogP contribution in [0.15, 0.2) is 39.3 Å². The zero-order valence-electron chi connectivity index (χ0n) is 8.49. The maximum absolute atomic E-state index is 13.2. The lowest BCUT2D eigenvalue weighted by Gasteiger charge is -1.92. The molecule has 0 aliphatic carbocycles. The summed E-state index contributed by atoms with van der Waals surface area (Å²) >= 11 is 0. The van der Waals surface area contributed by atoms with E-state index in [1.807, 2.05) is 0 Å². The van der Waals surface area contributed by atoms with Crippen LogP contribution in [0.2, 0.25) is 0 Å². The number of aromatic amines is 2. The number of azo groups is 1. The fourth-order valence-corrected chi connectivity index (χ4v) is 1.20. The number of benzene rings is 1. The van der Waals surface area contributed by atoms with Crippen LogP contribution in [-0.2, 0) is 0 Å². The molecule has 0 saturated heterocycles. The third-order valence-corrected chi connectivity index (χ3v) is 2.04. The van der Waals surface area contributed by atoms with Gasteiger partial charge in [0.05, 0.1) is 5.69 Å². The average Bonchev–Trinajstić information content (AvgIpc) is 2.58. The van der Waals surface area contributed by atoms with Crippen molar-refractivity contribution in [1.29, 1.82) is 0 Å². The molecule has 2 aromatic rings. The van der Waals surface area contributed by atoms with Crippen LogP contribution in [0.25, 0.3) is 0 Å². The van der Waals surface area contributed by atoms with Gasteiger partial charge in [0, 0.05) is 0 Å². The molecule has 1 heterocycles. The van der Waals surface area contributed by atoms with Crippen molar-refractivity contribution in [1.82, 2.24) is 10.2 Å². The molecule has 0 saturated carbocycles. The van der Waals surface area contributed by atoms with E-state index in [0.717, 1.165) is 0 Å². The molecule has 16 heavy (non-hydrogen) atoms. The summed E-state index contributed by atoms with van der Waals surface area (Å²) in [5.74, 6) is -0.476. The Balaban J connectivity index is 2.36. The van der Waals surface area contributed by atoms with Crippen molar-refractivity contribution >= 4 is 11.4 Å². The number of aromatic nitrogens is 2. The fourth-order valence-electron chi connectivity index (χ4n) is 1.20. The van der Waals surface area contributed by atoms with Crippen molar-refractivity contribution in [3.05, 3.63) is 46.1 Å². The standard InChI is InChI=1S/C10H9FN4O/c1-6-9(10(16)15-12-6)14-13-8-5-3-2-4-7(8)11/h2-5H,1H3,(H2,12,15,16). The SMILES string of the molecule is Cc1[nH][nH]c(=O)c1N=Nc1ccccc1F. The molecule has 0 spiro atoms. The van der Waals surface area contributed by atoms with Gasteiger partial charge in [0.15, 0.2) is 11.5 Å². The lowest BCUT2D eigenvalue weighted by molar-refractivity contribution is 0.628. The molecule has 0 radical (unpaired) electrons. The Hall–Kier alpha value is -2.24. The van der Waals surface area contributed by atoms with Gasteiger partial charge in [0.2, 0.25) is 0 Å². The molecule has 6 heteroatoms. The molecule has 0 unspecified atom stereocenters. The number of H-pyrrole nitrogens is 2. The summed E-state index contributed by atoms with van der Waals surface area (Å²) in [5, 5.41) is 12.3. The third-order valence-electron chi connectivity index (χ3n) is 2.04. The predicted octanol–water partition coefficient (Wildman–Crippen LogP) is 2.57. The summed E-state index contributed by atoms with van der Waals surface area (Å²) in [6, 6.07) is 5.96. The quantitative estimate of drug-likeness (QED) is 0.750. The summed E-state index contributed by atoms with van der Waals surface area (Å²) in [4.78, 5) is 11.2. The largest absolute Gasteiger partial charge is 0.300 e. The first-order valence-corrected chi connectivity index (χ1v) is 4.62. The van der Waals surface area contributed by atoms with E-state index in [9.17, 15) is 9.18 Å². The van der Waals surface area contributed by atoms with E-state index in [2.05, 4.69) is 20.4 Å². The lowest BCUT2D eigenvalue weighted by Crippen LogP contribution is -1.96. The van der Waals surface area contributed by atoms with Crippen molar-refractivity contribution in [2.24, 2.45) is 10.2 Å². The normalized spacial score (nSPS) is 11.1. The van der Waals surface area contributed by atoms with Gasteiger partial charge < -0.3 is 5.10 Å². The van der Waals surface area contributed by atoms with Gasteiger partial charge in [-0.1, -0.05) is 12.1 Å². The third kappa shape index (κ3) is 1.90. The number of aryl methyl sites for hydroxylation is 1. The maximum Gasteiger partial charge on any atom is 0.291 e. The minimum Gasteiger partial charge on any atom is -0.300 e. The summed E-state index contributed by atoms with van der Waals surface area (Å²) in [7, 11) is 0. The Morgan fingerprint density at radius 3 is 2.56 bits per heavy atom. The smallest absolute Gasteiger partial charge is 0.291 e. The van der Waals surface area contributed by atoms with E-state index < -0.39 is 5.82 Å². The predicted molar refractivity (Wildman–Crippen MR) is 56.7 cm³/mol. The van der Waals surface area contributed by atoms with Crippen LogP contribution in [0, 0.1) is 12.7 Å². The zero-order chi connectivity index (χ0) is 11.5. The molecule has 2 rings (SSSR count).